The zero-order valence-corrected chi connectivity index (χ0v) is 19.7. The summed E-state index contributed by atoms with van der Waals surface area (Å²) >= 11 is 0. The number of hydrogen-bond acceptors (Lipinski definition) is 4. The molecule has 12 heteroatoms. The first-order valence-corrected chi connectivity index (χ1v) is 11.1. The van der Waals surface area contributed by atoms with Crippen molar-refractivity contribution in [1.82, 2.24) is 10.2 Å². The number of benzene rings is 2. The SMILES string of the molecule is CCNC=O.CN(C(=O)c1ccc(-c2ccc(N(C(F)(F)F)C(F)(F)F)cc2)cc1)[C@@H]1CC[C@H](N)C1. The second-order valence-corrected chi connectivity index (χ2v) is 8.21. The van der Waals surface area contributed by atoms with E-state index in [0.717, 1.165) is 37.9 Å². The van der Waals surface area contributed by atoms with E-state index in [2.05, 4.69) is 5.32 Å². The molecule has 1 saturated carbocycles. The number of carbonyl (C=O) groups excluding carboxylic acids is 2. The summed E-state index contributed by atoms with van der Waals surface area (Å²) in [7, 11) is 1.71. The molecule has 6 nitrogen and oxygen atoms in total. The average Bonchev–Trinajstić information content (AvgIpc) is 3.24. The molecule has 0 radical (unpaired) electrons. The minimum absolute atomic E-state index is 0.0694. The van der Waals surface area contributed by atoms with E-state index in [0.29, 0.717) is 23.1 Å². The lowest BCUT2D eigenvalue weighted by atomic mass is 10.0. The third-order valence-corrected chi connectivity index (χ3v) is 5.70. The monoisotopic (exact) mass is 518 g/mol. The maximum atomic E-state index is 12.8. The Bertz CT molecular complexity index is 980. The van der Waals surface area contributed by atoms with Crippen molar-refractivity contribution >= 4 is 18.0 Å². The highest BCUT2D eigenvalue weighted by molar-refractivity contribution is 5.94. The van der Waals surface area contributed by atoms with Gasteiger partial charge in [0.15, 0.2) is 0 Å². The molecule has 2 amide bonds. The van der Waals surface area contributed by atoms with Crippen molar-refractivity contribution in [2.75, 3.05) is 18.5 Å². The average molecular weight is 519 g/mol. The van der Waals surface area contributed by atoms with E-state index in [1.165, 1.54) is 12.1 Å². The third kappa shape index (κ3) is 7.61. The van der Waals surface area contributed by atoms with Crippen LogP contribution in [0.25, 0.3) is 11.1 Å². The van der Waals surface area contributed by atoms with Gasteiger partial charge in [0.25, 0.3) is 5.91 Å². The standard InChI is InChI=1S/C21H21F6N3O.C3H7NO/c1-29(18-11-8-16(28)12-18)19(31)15-4-2-13(3-5-15)14-6-9-17(10-7-14)30(20(22,23)24)21(25,26)27;1-2-4-3-5/h2-7,9-10,16,18H,8,11-12,28H2,1H3;3H,2H2,1H3,(H,4,5)/t16-,18+;/m0./s1. The summed E-state index contributed by atoms with van der Waals surface area (Å²) in [5.41, 5.74) is 6.27. The molecule has 3 rings (SSSR count). The molecule has 0 heterocycles. The van der Waals surface area contributed by atoms with Gasteiger partial charge in [0.2, 0.25) is 6.41 Å². The normalized spacial score (nSPS) is 17.6. The Hall–Kier alpha value is -3.28. The number of nitrogens with zero attached hydrogens (tertiary/aromatic N) is 2. The van der Waals surface area contributed by atoms with E-state index in [4.69, 9.17) is 5.73 Å². The molecule has 0 unspecified atom stereocenters. The van der Waals surface area contributed by atoms with E-state index in [1.807, 2.05) is 6.92 Å². The van der Waals surface area contributed by atoms with Gasteiger partial charge < -0.3 is 16.0 Å². The van der Waals surface area contributed by atoms with E-state index in [-0.39, 0.29) is 18.0 Å². The van der Waals surface area contributed by atoms with Gasteiger partial charge in [-0.2, -0.15) is 4.90 Å². The van der Waals surface area contributed by atoms with Gasteiger partial charge in [0.1, 0.15) is 0 Å². The van der Waals surface area contributed by atoms with Crippen LogP contribution in [0.15, 0.2) is 48.5 Å². The van der Waals surface area contributed by atoms with Crippen LogP contribution in [-0.4, -0.2) is 55.5 Å². The number of amides is 2. The van der Waals surface area contributed by atoms with Gasteiger partial charge in [0.05, 0.1) is 5.69 Å². The summed E-state index contributed by atoms with van der Waals surface area (Å²) in [4.78, 5) is 22.1. The number of carbonyl (C=O) groups is 2. The van der Waals surface area contributed by atoms with Crippen LogP contribution in [0.2, 0.25) is 0 Å². The Balaban J connectivity index is 0.000000830. The van der Waals surface area contributed by atoms with Crippen LogP contribution in [0.5, 0.6) is 0 Å². The Morgan fingerprint density at radius 3 is 1.83 bits per heavy atom. The Morgan fingerprint density at radius 1 is 0.972 bits per heavy atom. The molecule has 2 aromatic rings. The van der Waals surface area contributed by atoms with Crippen molar-refractivity contribution in [3.8, 4) is 11.1 Å². The van der Waals surface area contributed by atoms with Crippen LogP contribution in [0.4, 0.5) is 32.0 Å². The third-order valence-electron chi connectivity index (χ3n) is 5.70. The van der Waals surface area contributed by atoms with Gasteiger partial charge in [0, 0.05) is 31.2 Å². The Morgan fingerprint density at radius 2 is 1.47 bits per heavy atom. The van der Waals surface area contributed by atoms with Crippen molar-refractivity contribution in [1.29, 1.82) is 0 Å². The molecule has 0 bridgehead atoms. The van der Waals surface area contributed by atoms with E-state index < -0.39 is 23.2 Å². The maximum absolute atomic E-state index is 12.8. The predicted molar refractivity (Wildman–Crippen MR) is 124 cm³/mol. The minimum atomic E-state index is -5.60. The molecular formula is C24H28F6N4O2. The van der Waals surface area contributed by atoms with Gasteiger partial charge >= 0.3 is 12.6 Å². The summed E-state index contributed by atoms with van der Waals surface area (Å²) in [6.45, 7) is 2.60. The molecule has 198 valence electrons. The molecule has 3 N–H and O–H groups in total. The molecule has 0 aromatic heterocycles. The summed E-state index contributed by atoms with van der Waals surface area (Å²) in [6, 6.07) is 10.4. The number of anilines is 1. The van der Waals surface area contributed by atoms with Crippen LogP contribution in [0.3, 0.4) is 0 Å². The molecule has 1 fully saturated rings. The van der Waals surface area contributed by atoms with Gasteiger partial charge in [-0.1, -0.05) is 24.3 Å². The number of halogens is 6. The van der Waals surface area contributed by atoms with Crippen LogP contribution in [0, 0.1) is 0 Å². The molecule has 0 spiro atoms. The predicted octanol–water partition coefficient (Wildman–Crippen LogP) is 4.90. The van der Waals surface area contributed by atoms with Gasteiger partial charge in [-0.3, -0.25) is 9.59 Å². The van der Waals surface area contributed by atoms with Crippen LogP contribution in [0.1, 0.15) is 36.5 Å². The quantitative estimate of drug-likeness (QED) is 0.324. The lowest BCUT2D eigenvalue weighted by molar-refractivity contribution is -0.226. The summed E-state index contributed by atoms with van der Waals surface area (Å²) in [5, 5.41) is 2.43. The molecule has 0 aliphatic heterocycles. The zero-order chi connectivity index (χ0) is 27.1. The fraction of sp³-hybridized carbons (Fsp3) is 0.417. The number of nitrogens with two attached hydrogens (primary N) is 1. The first-order valence-electron chi connectivity index (χ1n) is 11.1. The second-order valence-electron chi connectivity index (χ2n) is 8.21. The van der Waals surface area contributed by atoms with Crippen molar-refractivity contribution in [2.45, 2.75) is 50.9 Å². The van der Waals surface area contributed by atoms with E-state index in [9.17, 15) is 35.9 Å². The van der Waals surface area contributed by atoms with Crippen molar-refractivity contribution in [3.05, 3.63) is 54.1 Å². The van der Waals surface area contributed by atoms with Gasteiger partial charge in [-0.15, -0.1) is 26.3 Å². The van der Waals surface area contributed by atoms with Crippen LogP contribution >= 0.6 is 0 Å². The van der Waals surface area contributed by atoms with Gasteiger partial charge in [-0.25, -0.2) is 0 Å². The van der Waals surface area contributed by atoms with Crippen molar-refractivity contribution in [2.24, 2.45) is 5.73 Å². The minimum Gasteiger partial charge on any atom is -0.359 e. The number of rotatable bonds is 6. The summed E-state index contributed by atoms with van der Waals surface area (Å²) in [5.74, 6) is -0.174. The molecule has 1 aliphatic rings. The largest absolute Gasteiger partial charge is 0.491 e. The molecule has 2 atom stereocenters. The summed E-state index contributed by atoms with van der Waals surface area (Å²) < 4.78 is 76.8. The molecule has 0 saturated heterocycles. The lowest BCUT2D eigenvalue weighted by Crippen LogP contribution is -2.48. The molecular weight excluding hydrogens is 490 g/mol. The second kappa shape index (κ2) is 12.1. The topological polar surface area (TPSA) is 78.7 Å². The highest BCUT2D eigenvalue weighted by Crippen LogP contribution is 2.39. The maximum Gasteiger partial charge on any atom is 0.491 e. The Labute approximate surface area is 205 Å². The fourth-order valence-electron chi connectivity index (χ4n) is 3.84. The van der Waals surface area contributed by atoms with Crippen molar-refractivity contribution < 1.29 is 35.9 Å². The lowest BCUT2D eigenvalue weighted by Gasteiger charge is -2.28. The first kappa shape index (κ1) is 29.0. The van der Waals surface area contributed by atoms with Crippen LogP contribution < -0.4 is 16.0 Å². The van der Waals surface area contributed by atoms with Crippen molar-refractivity contribution in [3.63, 3.8) is 0 Å². The highest BCUT2D eigenvalue weighted by Gasteiger charge is 2.53. The zero-order valence-electron chi connectivity index (χ0n) is 19.7. The highest BCUT2D eigenvalue weighted by atomic mass is 19.4. The van der Waals surface area contributed by atoms with E-state index in [1.54, 1.807) is 36.2 Å². The fourth-order valence-corrected chi connectivity index (χ4v) is 3.84. The number of nitrogens with one attached hydrogen (secondary N) is 1. The number of alkyl halides is 6. The molecule has 2 aromatic carbocycles. The summed E-state index contributed by atoms with van der Waals surface area (Å²) in [6.07, 6.45) is -8.09. The smallest absolute Gasteiger partial charge is 0.359 e. The molecule has 36 heavy (non-hydrogen) atoms. The van der Waals surface area contributed by atoms with E-state index >= 15 is 0 Å². The van der Waals surface area contributed by atoms with Crippen LogP contribution in [-0.2, 0) is 4.79 Å². The Kier molecular flexibility index (Phi) is 9.74. The molecule has 1 aliphatic carbocycles. The van der Waals surface area contributed by atoms with Gasteiger partial charge in [-0.05, 0) is 61.6 Å². The first-order chi connectivity index (χ1) is 16.8. The number of hydrogen-bond donors (Lipinski definition) is 2.